The van der Waals surface area contributed by atoms with Crippen molar-refractivity contribution >= 4 is 23.6 Å². The number of carbonyl (C=O) groups excluding carboxylic acids is 4. The molecule has 2 atom stereocenters. The Morgan fingerprint density at radius 3 is 2.81 bits per heavy atom. The number of alkyl carbamates (subject to hydrolysis) is 1. The molecule has 2 N–H and O–H groups in total. The van der Waals surface area contributed by atoms with Crippen LogP contribution in [0.15, 0.2) is 23.0 Å². The fourth-order valence-electron chi connectivity index (χ4n) is 2.81. The molecule has 0 aliphatic carbocycles. The van der Waals surface area contributed by atoms with Crippen LogP contribution in [0.3, 0.4) is 0 Å². The first-order chi connectivity index (χ1) is 12.4. The molecule has 2 unspecified atom stereocenters. The number of piperidine rings is 1. The highest BCUT2D eigenvalue weighted by Gasteiger charge is 2.34. The van der Waals surface area contributed by atoms with Gasteiger partial charge in [0, 0.05) is 25.3 Å². The van der Waals surface area contributed by atoms with E-state index >= 15 is 0 Å². The average molecular weight is 364 g/mol. The second kappa shape index (κ2) is 9.17. The molecule has 1 aromatic rings. The van der Waals surface area contributed by atoms with Crippen molar-refractivity contribution in [3.8, 4) is 0 Å². The van der Waals surface area contributed by atoms with Crippen LogP contribution in [0.5, 0.6) is 0 Å². The number of furan rings is 1. The van der Waals surface area contributed by atoms with E-state index in [-0.39, 0.29) is 24.7 Å². The molecule has 1 fully saturated rings. The van der Waals surface area contributed by atoms with E-state index in [1.165, 1.54) is 6.26 Å². The van der Waals surface area contributed by atoms with Crippen molar-refractivity contribution in [2.45, 2.75) is 39.2 Å². The number of ketones is 2. The van der Waals surface area contributed by atoms with Crippen LogP contribution in [0.1, 0.15) is 32.3 Å². The van der Waals surface area contributed by atoms with Crippen LogP contribution in [-0.2, 0) is 25.5 Å². The molecule has 0 saturated carbocycles. The predicted molar refractivity (Wildman–Crippen MR) is 91.3 cm³/mol. The lowest BCUT2D eigenvalue weighted by Gasteiger charge is -2.25. The van der Waals surface area contributed by atoms with Crippen LogP contribution in [0.2, 0.25) is 0 Å². The van der Waals surface area contributed by atoms with Crippen molar-refractivity contribution in [2.75, 3.05) is 13.2 Å². The molecule has 8 heteroatoms. The molecule has 0 bridgehead atoms. The maximum atomic E-state index is 12.5. The van der Waals surface area contributed by atoms with Gasteiger partial charge in [-0.2, -0.15) is 0 Å². The molecule has 2 rings (SSSR count). The summed E-state index contributed by atoms with van der Waals surface area (Å²) in [5, 5.41) is 5.02. The SMILES string of the molecule is CC(C)C(NC(=O)OCCc1ccoc1)C(=O)CC1CCNC(=O)C1=O. The number of amides is 2. The molecule has 1 aliphatic rings. The predicted octanol–water partition coefficient (Wildman–Crippen LogP) is 1.24. The summed E-state index contributed by atoms with van der Waals surface area (Å²) in [5.74, 6) is -2.30. The Labute approximate surface area is 151 Å². The molecule has 0 aromatic carbocycles. The molecule has 1 aliphatic heterocycles. The lowest BCUT2D eigenvalue weighted by molar-refractivity contribution is -0.143. The van der Waals surface area contributed by atoms with E-state index in [0.717, 1.165) is 5.56 Å². The van der Waals surface area contributed by atoms with Gasteiger partial charge in [-0.25, -0.2) is 4.79 Å². The van der Waals surface area contributed by atoms with Crippen LogP contribution < -0.4 is 10.6 Å². The smallest absolute Gasteiger partial charge is 0.407 e. The molecule has 0 spiro atoms. The zero-order valence-corrected chi connectivity index (χ0v) is 14.9. The van der Waals surface area contributed by atoms with Gasteiger partial charge < -0.3 is 19.8 Å². The normalized spacial score (nSPS) is 18.3. The van der Waals surface area contributed by atoms with Crippen molar-refractivity contribution < 1.29 is 28.3 Å². The summed E-state index contributed by atoms with van der Waals surface area (Å²) < 4.78 is 10.0. The second-order valence-electron chi connectivity index (χ2n) is 6.66. The van der Waals surface area contributed by atoms with Crippen molar-refractivity contribution in [1.29, 1.82) is 0 Å². The first-order valence-corrected chi connectivity index (χ1v) is 8.67. The third kappa shape index (κ3) is 5.44. The van der Waals surface area contributed by atoms with E-state index < -0.39 is 29.7 Å². The molecule has 2 amide bonds. The molecule has 26 heavy (non-hydrogen) atoms. The van der Waals surface area contributed by atoms with Crippen molar-refractivity contribution in [2.24, 2.45) is 11.8 Å². The van der Waals surface area contributed by atoms with Gasteiger partial charge in [0.1, 0.15) is 0 Å². The maximum absolute atomic E-state index is 12.5. The van der Waals surface area contributed by atoms with Crippen LogP contribution >= 0.6 is 0 Å². The van der Waals surface area contributed by atoms with Crippen molar-refractivity contribution in [3.63, 3.8) is 0 Å². The number of rotatable bonds is 8. The largest absolute Gasteiger partial charge is 0.472 e. The van der Waals surface area contributed by atoms with Gasteiger partial charge in [0.05, 0.1) is 25.2 Å². The summed E-state index contributed by atoms with van der Waals surface area (Å²) in [7, 11) is 0. The first kappa shape index (κ1) is 19.7. The summed E-state index contributed by atoms with van der Waals surface area (Å²) >= 11 is 0. The van der Waals surface area contributed by atoms with E-state index in [2.05, 4.69) is 10.6 Å². The number of hydrogen-bond donors (Lipinski definition) is 2. The Kier molecular flexibility index (Phi) is 6.94. The monoisotopic (exact) mass is 364 g/mol. The lowest BCUT2D eigenvalue weighted by atomic mass is 9.87. The third-order valence-electron chi connectivity index (χ3n) is 4.31. The molecule has 2 heterocycles. The number of hydrogen-bond acceptors (Lipinski definition) is 6. The fourth-order valence-corrected chi connectivity index (χ4v) is 2.81. The molecule has 142 valence electrons. The van der Waals surface area contributed by atoms with Gasteiger partial charge >= 0.3 is 6.09 Å². The van der Waals surface area contributed by atoms with E-state index in [9.17, 15) is 19.2 Å². The molecular weight excluding hydrogens is 340 g/mol. The highest BCUT2D eigenvalue weighted by Crippen LogP contribution is 2.17. The standard InChI is InChI=1S/C18H24N2O6/c1-11(2)15(14(21)9-13-3-6-19-17(23)16(13)22)20-18(24)26-8-5-12-4-7-25-10-12/h4,7,10-11,13,15H,3,5-6,8-9H2,1-2H3,(H,19,23)(H,20,24). The van der Waals surface area contributed by atoms with Crippen LogP contribution in [0.4, 0.5) is 4.79 Å². The van der Waals surface area contributed by atoms with Crippen molar-refractivity contribution in [1.82, 2.24) is 10.6 Å². The number of nitrogens with one attached hydrogen (secondary N) is 2. The minimum atomic E-state index is -0.769. The zero-order valence-electron chi connectivity index (χ0n) is 14.9. The summed E-state index contributed by atoms with van der Waals surface area (Å²) in [4.78, 5) is 47.8. The minimum Gasteiger partial charge on any atom is -0.472 e. The second-order valence-corrected chi connectivity index (χ2v) is 6.66. The molecular formula is C18H24N2O6. The highest BCUT2D eigenvalue weighted by atomic mass is 16.5. The van der Waals surface area contributed by atoms with Crippen LogP contribution in [0.25, 0.3) is 0 Å². The summed E-state index contributed by atoms with van der Waals surface area (Å²) in [6.45, 7) is 4.12. The van der Waals surface area contributed by atoms with E-state index in [4.69, 9.17) is 9.15 Å². The molecule has 8 nitrogen and oxygen atoms in total. The zero-order chi connectivity index (χ0) is 19.1. The Balaban J connectivity index is 1.84. The quantitative estimate of drug-likeness (QED) is 0.671. The average Bonchev–Trinajstić information content (AvgIpc) is 3.10. The van der Waals surface area contributed by atoms with Gasteiger partial charge in [-0.3, -0.25) is 14.4 Å². The lowest BCUT2D eigenvalue weighted by Crippen LogP contribution is -2.48. The van der Waals surface area contributed by atoms with E-state index in [0.29, 0.717) is 19.4 Å². The maximum Gasteiger partial charge on any atom is 0.407 e. The summed E-state index contributed by atoms with van der Waals surface area (Å²) in [6, 6.07) is 1.01. The topological polar surface area (TPSA) is 115 Å². The van der Waals surface area contributed by atoms with Crippen LogP contribution in [0, 0.1) is 11.8 Å². The van der Waals surface area contributed by atoms with E-state index in [1.54, 1.807) is 26.2 Å². The van der Waals surface area contributed by atoms with Gasteiger partial charge in [-0.1, -0.05) is 13.8 Å². The highest BCUT2D eigenvalue weighted by molar-refractivity contribution is 6.37. The number of carbonyl (C=O) groups is 4. The van der Waals surface area contributed by atoms with Crippen LogP contribution in [-0.4, -0.2) is 42.8 Å². The Morgan fingerprint density at radius 1 is 1.38 bits per heavy atom. The first-order valence-electron chi connectivity index (χ1n) is 8.67. The summed E-state index contributed by atoms with van der Waals surface area (Å²) in [6.07, 6.45) is 3.29. The molecule has 1 aromatic heterocycles. The molecule has 0 radical (unpaired) electrons. The Morgan fingerprint density at radius 2 is 2.15 bits per heavy atom. The van der Waals surface area contributed by atoms with Gasteiger partial charge in [-0.05, 0) is 24.0 Å². The van der Waals surface area contributed by atoms with Gasteiger partial charge in [0.2, 0.25) is 5.78 Å². The number of ether oxygens (including phenoxy) is 1. The Hall–Kier alpha value is -2.64. The van der Waals surface area contributed by atoms with Gasteiger partial charge in [0.15, 0.2) is 5.78 Å². The minimum absolute atomic E-state index is 0.0651. The fraction of sp³-hybridized carbons (Fsp3) is 0.556. The van der Waals surface area contributed by atoms with E-state index in [1.807, 2.05) is 0 Å². The Bertz CT molecular complexity index is 653. The molecule has 1 saturated heterocycles. The van der Waals surface area contributed by atoms with Gasteiger partial charge in [0.25, 0.3) is 5.91 Å². The van der Waals surface area contributed by atoms with Gasteiger partial charge in [-0.15, -0.1) is 0 Å². The summed E-state index contributed by atoms with van der Waals surface area (Å²) in [5.41, 5.74) is 0.906. The van der Waals surface area contributed by atoms with Crippen molar-refractivity contribution in [3.05, 3.63) is 24.2 Å². The third-order valence-corrected chi connectivity index (χ3v) is 4.31. The number of Topliss-reactive ketones (excluding diaryl/α,β-unsaturated/α-hetero) is 2.